The third-order valence-electron chi connectivity index (χ3n) is 5.61. The summed E-state index contributed by atoms with van der Waals surface area (Å²) in [5.74, 6) is 0. The highest BCUT2D eigenvalue weighted by Crippen LogP contribution is 2.38. The van der Waals surface area contributed by atoms with Crippen LogP contribution in [0.5, 0.6) is 0 Å². The lowest BCUT2D eigenvalue weighted by Crippen LogP contribution is -2.69. The molecule has 2 aliphatic rings. The first-order valence-corrected chi connectivity index (χ1v) is 8.19. The van der Waals surface area contributed by atoms with Crippen LogP contribution in [0.4, 0.5) is 0 Å². The van der Waals surface area contributed by atoms with Crippen LogP contribution in [0.15, 0.2) is 0 Å². The molecule has 0 aromatic rings. The van der Waals surface area contributed by atoms with Gasteiger partial charge in [0.15, 0.2) is 0 Å². The van der Waals surface area contributed by atoms with Crippen LogP contribution in [0.25, 0.3) is 0 Å². The van der Waals surface area contributed by atoms with Gasteiger partial charge < -0.3 is 10.1 Å². The van der Waals surface area contributed by atoms with Gasteiger partial charge in [0.2, 0.25) is 0 Å². The third-order valence-corrected chi connectivity index (χ3v) is 5.61. The molecule has 0 radical (unpaired) electrons. The van der Waals surface area contributed by atoms with Gasteiger partial charge in [-0.1, -0.05) is 26.7 Å². The van der Waals surface area contributed by atoms with Crippen LogP contribution in [0.2, 0.25) is 0 Å². The van der Waals surface area contributed by atoms with Crippen molar-refractivity contribution in [3.05, 3.63) is 0 Å². The maximum atomic E-state index is 5.24. The second kappa shape index (κ2) is 6.55. The van der Waals surface area contributed by atoms with Crippen molar-refractivity contribution in [2.24, 2.45) is 0 Å². The topological polar surface area (TPSA) is 24.5 Å². The average molecular weight is 268 g/mol. The molecule has 0 atom stereocenters. The molecular formula is C16H32N2O. The Hall–Kier alpha value is -0.120. The molecule has 1 aliphatic carbocycles. The Morgan fingerprint density at radius 1 is 1.16 bits per heavy atom. The lowest BCUT2D eigenvalue weighted by atomic mass is 9.82. The maximum Gasteiger partial charge on any atom is 0.0474 e. The summed E-state index contributed by atoms with van der Waals surface area (Å²) >= 11 is 0. The van der Waals surface area contributed by atoms with Gasteiger partial charge in [0.05, 0.1) is 0 Å². The molecule has 0 aromatic heterocycles. The van der Waals surface area contributed by atoms with E-state index in [9.17, 15) is 0 Å². The number of rotatable bonds is 6. The molecule has 2 rings (SSSR count). The second-order valence-corrected chi connectivity index (χ2v) is 6.54. The van der Waals surface area contributed by atoms with Gasteiger partial charge in [0.25, 0.3) is 0 Å². The van der Waals surface area contributed by atoms with Crippen molar-refractivity contribution in [3.63, 3.8) is 0 Å². The van der Waals surface area contributed by atoms with Crippen molar-refractivity contribution in [2.45, 2.75) is 69.9 Å². The standard InChI is InChI=1S/C16H32N2O/c1-4-16(5-2)13-17-15(9-6-7-10-15)14-18(16)11-8-12-19-3/h17H,4-14H2,1-3H3. The number of methoxy groups -OCH3 is 1. The lowest BCUT2D eigenvalue weighted by molar-refractivity contribution is -0.00474. The molecule has 1 N–H and O–H groups in total. The van der Waals surface area contributed by atoms with E-state index in [0.29, 0.717) is 11.1 Å². The van der Waals surface area contributed by atoms with Gasteiger partial charge in [-0.3, -0.25) is 4.90 Å². The molecule has 1 aliphatic heterocycles. The van der Waals surface area contributed by atoms with Gasteiger partial charge in [-0.15, -0.1) is 0 Å². The molecule has 0 bridgehead atoms. The number of hydrogen-bond donors (Lipinski definition) is 1. The van der Waals surface area contributed by atoms with Gasteiger partial charge in [-0.25, -0.2) is 0 Å². The Kier molecular flexibility index (Phi) is 5.27. The van der Waals surface area contributed by atoms with Crippen molar-refractivity contribution in [3.8, 4) is 0 Å². The summed E-state index contributed by atoms with van der Waals surface area (Å²) in [4.78, 5) is 2.79. The van der Waals surface area contributed by atoms with Crippen molar-refractivity contribution in [1.82, 2.24) is 10.2 Å². The number of ether oxygens (including phenoxy) is 1. The summed E-state index contributed by atoms with van der Waals surface area (Å²) in [6, 6.07) is 0. The fourth-order valence-electron chi connectivity index (χ4n) is 4.10. The molecule has 1 heterocycles. The van der Waals surface area contributed by atoms with Crippen LogP contribution in [0, 0.1) is 0 Å². The molecule has 2 fully saturated rings. The van der Waals surface area contributed by atoms with Crippen molar-refractivity contribution >= 4 is 0 Å². The summed E-state index contributed by atoms with van der Waals surface area (Å²) in [5, 5.41) is 3.93. The van der Waals surface area contributed by atoms with Gasteiger partial charge in [0, 0.05) is 44.4 Å². The predicted molar refractivity (Wildman–Crippen MR) is 80.6 cm³/mol. The summed E-state index contributed by atoms with van der Waals surface area (Å²) < 4.78 is 5.24. The largest absolute Gasteiger partial charge is 0.385 e. The normalized spacial score (nSPS) is 26.1. The van der Waals surface area contributed by atoms with Crippen molar-refractivity contribution in [1.29, 1.82) is 0 Å². The first-order valence-electron chi connectivity index (χ1n) is 8.19. The maximum absolute atomic E-state index is 5.24. The number of piperazine rings is 1. The fraction of sp³-hybridized carbons (Fsp3) is 1.00. The molecule has 0 unspecified atom stereocenters. The average Bonchev–Trinajstić information content (AvgIpc) is 2.89. The zero-order valence-electron chi connectivity index (χ0n) is 13.1. The van der Waals surface area contributed by atoms with E-state index in [-0.39, 0.29) is 0 Å². The van der Waals surface area contributed by atoms with Gasteiger partial charge in [0.1, 0.15) is 0 Å². The zero-order chi connectivity index (χ0) is 13.8. The SMILES string of the molecule is CCC1(CC)CNC2(CCCC2)CN1CCCOC. The highest BCUT2D eigenvalue weighted by Gasteiger charge is 2.46. The summed E-state index contributed by atoms with van der Waals surface area (Å²) in [6.45, 7) is 9.20. The minimum Gasteiger partial charge on any atom is -0.385 e. The molecule has 1 saturated heterocycles. The molecule has 0 amide bonds. The first kappa shape index (κ1) is 15.3. The van der Waals surface area contributed by atoms with E-state index in [2.05, 4.69) is 24.1 Å². The Morgan fingerprint density at radius 3 is 2.42 bits per heavy atom. The van der Waals surface area contributed by atoms with Crippen molar-refractivity contribution in [2.75, 3.05) is 33.4 Å². The van der Waals surface area contributed by atoms with Crippen LogP contribution in [0.1, 0.15) is 58.8 Å². The van der Waals surface area contributed by atoms with Gasteiger partial charge >= 0.3 is 0 Å². The molecule has 3 nitrogen and oxygen atoms in total. The highest BCUT2D eigenvalue weighted by molar-refractivity contribution is 5.06. The third kappa shape index (κ3) is 3.14. The van der Waals surface area contributed by atoms with E-state index in [0.717, 1.165) is 13.0 Å². The van der Waals surface area contributed by atoms with Crippen LogP contribution in [0.3, 0.4) is 0 Å². The number of nitrogens with zero attached hydrogens (tertiary/aromatic N) is 1. The quantitative estimate of drug-likeness (QED) is 0.750. The summed E-state index contributed by atoms with van der Waals surface area (Å²) in [5.41, 5.74) is 0.808. The van der Waals surface area contributed by atoms with Crippen LogP contribution >= 0.6 is 0 Å². The molecule has 112 valence electrons. The van der Waals surface area contributed by atoms with Gasteiger partial charge in [-0.05, 0) is 32.1 Å². The molecule has 19 heavy (non-hydrogen) atoms. The van der Waals surface area contributed by atoms with E-state index in [1.807, 2.05) is 7.11 Å². The molecular weight excluding hydrogens is 236 g/mol. The smallest absolute Gasteiger partial charge is 0.0474 e. The summed E-state index contributed by atoms with van der Waals surface area (Å²) in [6.07, 6.45) is 9.22. The Labute approximate surface area is 119 Å². The van der Waals surface area contributed by atoms with Crippen LogP contribution < -0.4 is 5.32 Å². The molecule has 1 saturated carbocycles. The predicted octanol–water partition coefficient (Wildman–Crippen LogP) is 2.80. The lowest BCUT2D eigenvalue weighted by Gasteiger charge is -2.54. The van der Waals surface area contributed by atoms with E-state index in [4.69, 9.17) is 4.74 Å². The summed E-state index contributed by atoms with van der Waals surface area (Å²) in [7, 11) is 1.81. The second-order valence-electron chi connectivity index (χ2n) is 6.54. The van der Waals surface area contributed by atoms with E-state index in [1.54, 1.807) is 0 Å². The Bertz CT molecular complexity index is 270. The Morgan fingerprint density at radius 2 is 1.84 bits per heavy atom. The van der Waals surface area contributed by atoms with E-state index >= 15 is 0 Å². The minimum atomic E-state index is 0.377. The molecule has 3 heteroatoms. The Balaban J connectivity index is 2.04. The van der Waals surface area contributed by atoms with E-state index < -0.39 is 0 Å². The van der Waals surface area contributed by atoms with Crippen molar-refractivity contribution < 1.29 is 4.74 Å². The van der Waals surface area contributed by atoms with Crippen LogP contribution in [-0.2, 0) is 4.74 Å². The fourth-order valence-corrected chi connectivity index (χ4v) is 4.10. The molecule has 1 spiro atoms. The monoisotopic (exact) mass is 268 g/mol. The van der Waals surface area contributed by atoms with Gasteiger partial charge in [-0.2, -0.15) is 0 Å². The number of hydrogen-bond acceptors (Lipinski definition) is 3. The number of nitrogens with one attached hydrogen (secondary N) is 1. The highest BCUT2D eigenvalue weighted by atomic mass is 16.5. The van der Waals surface area contributed by atoms with E-state index in [1.165, 1.54) is 58.2 Å². The molecule has 0 aromatic carbocycles. The minimum absolute atomic E-state index is 0.377. The zero-order valence-corrected chi connectivity index (χ0v) is 13.1. The van der Waals surface area contributed by atoms with Crippen LogP contribution in [-0.4, -0.2) is 49.3 Å². The first-order chi connectivity index (χ1) is 9.20.